The molecule has 100 valence electrons. The van der Waals surface area contributed by atoms with Gasteiger partial charge < -0.3 is 15.2 Å². The molecule has 2 fully saturated rings. The SMILES string of the molecule is O=C(O)C1C2CCC(O2)C1C(=O)Nc1cccnc1. The minimum absolute atomic E-state index is 0.275. The lowest BCUT2D eigenvalue weighted by Crippen LogP contribution is -2.40. The maximum absolute atomic E-state index is 12.2. The standard InChI is InChI=1S/C13H14N2O4/c16-12(15-7-2-1-5-14-6-7)10-8-3-4-9(19-8)11(10)13(17)18/h1-2,5-6,8-11H,3-4H2,(H,15,16)(H,17,18). The number of carbonyl (C=O) groups excluding carboxylic acids is 1. The summed E-state index contributed by atoms with van der Waals surface area (Å²) in [7, 11) is 0. The number of anilines is 1. The van der Waals surface area contributed by atoms with Crippen LogP contribution in [0.15, 0.2) is 24.5 Å². The van der Waals surface area contributed by atoms with E-state index in [1.54, 1.807) is 18.3 Å². The quantitative estimate of drug-likeness (QED) is 0.844. The fraction of sp³-hybridized carbons (Fsp3) is 0.462. The van der Waals surface area contributed by atoms with Crippen LogP contribution in [0, 0.1) is 11.8 Å². The van der Waals surface area contributed by atoms with Gasteiger partial charge in [0.1, 0.15) is 0 Å². The van der Waals surface area contributed by atoms with Gasteiger partial charge in [-0.05, 0) is 25.0 Å². The molecule has 6 heteroatoms. The number of nitrogens with zero attached hydrogens (tertiary/aromatic N) is 1. The number of carbonyl (C=O) groups is 2. The van der Waals surface area contributed by atoms with Crippen LogP contribution in [0.1, 0.15) is 12.8 Å². The average Bonchev–Trinajstić information content (AvgIpc) is 2.99. The molecule has 1 aromatic rings. The van der Waals surface area contributed by atoms with Crippen molar-refractivity contribution in [3.05, 3.63) is 24.5 Å². The topological polar surface area (TPSA) is 88.5 Å². The number of carboxylic acids is 1. The van der Waals surface area contributed by atoms with Gasteiger partial charge in [-0.2, -0.15) is 0 Å². The van der Waals surface area contributed by atoms with E-state index in [9.17, 15) is 14.7 Å². The molecule has 0 spiro atoms. The molecule has 0 saturated carbocycles. The molecule has 4 unspecified atom stereocenters. The van der Waals surface area contributed by atoms with Crippen molar-refractivity contribution in [1.82, 2.24) is 4.98 Å². The lowest BCUT2D eigenvalue weighted by Gasteiger charge is -2.23. The minimum Gasteiger partial charge on any atom is -0.481 e. The zero-order valence-electron chi connectivity index (χ0n) is 10.2. The highest BCUT2D eigenvalue weighted by atomic mass is 16.5. The fourth-order valence-electron chi connectivity index (χ4n) is 2.99. The van der Waals surface area contributed by atoms with Crippen LogP contribution in [-0.2, 0) is 14.3 Å². The maximum atomic E-state index is 12.2. The number of hydrogen-bond donors (Lipinski definition) is 2. The third-order valence-electron chi connectivity index (χ3n) is 3.79. The van der Waals surface area contributed by atoms with Gasteiger partial charge in [-0.3, -0.25) is 14.6 Å². The number of carboxylic acid groups (broad SMARTS) is 1. The number of aliphatic carboxylic acids is 1. The van der Waals surface area contributed by atoms with E-state index in [0.717, 1.165) is 12.8 Å². The molecule has 19 heavy (non-hydrogen) atoms. The van der Waals surface area contributed by atoms with E-state index < -0.39 is 17.8 Å². The van der Waals surface area contributed by atoms with Crippen molar-refractivity contribution < 1.29 is 19.4 Å². The molecule has 2 aliphatic heterocycles. The van der Waals surface area contributed by atoms with Crippen molar-refractivity contribution in [2.45, 2.75) is 25.0 Å². The summed E-state index contributed by atoms with van der Waals surface area (Å²) in [5, 5.41) is 12.0. The van der Waals surface area contributed by atoms with Crippen LogP contribution in [-0.4, -0.2) is 34.2 Å². The van der Waals surface area contributed by atoms with Crippen LogP contribution < -0.4 is 5.32 Å². The summed E-state index contributed by atoms with van der Waals surface area (Å²) in [4.78, 5) is 27.4. The van der Waals surface area contributed by atoms with Gasteiger partial charge >= 0.3 is 5.97 Å². The van der Waals surface area contributed by atoms with Crippen LogP contribution in [0.25, 0.3) is 0 Å². The van der Waals surface area contributed by atoms with Crippen molar-refractivity contribution in [3.8, 4) is 0 Å². The smallest absolute Gasteiger partial charge is 0.310 e. The van der Waals surface area contributed by atoms with E-state index in [1.807, 2.05) is 0 Å². The van der Waals surface area contributed by atoms with Crippen LogP contribution in [0.3, 0.4) is 0 Å². The van der Waals surface area contributed by atoms with Gasteiger partial charge in [-0.15, -0.1) is 0 Å². The summed E-state index contributed by atoms with van der Waals surface area (Å²) in [5.41, 5.74) is 0.569. The predicted molar refractivity (Wildman–Crippen MR) is 65.4 cm³/mol. The number of pyridine rings is 1. The molecule has 1 aromatic heterocycles. The zero-order chi connectivity index (χ0) is 13.4. The molecule has 0 aliphatic carbocycles. The third-order valence-corrected chi connectivity index (χ3v) is 3.79. The summed E-state index contributed by atoms with van der Waals surface area (Å²) in [6, 6.07) is 3.43. The molecule has 1 amide bonds. The Morgan fingerprint density at radius 1 is 1.32 bits per heavy atom. The second-order valence-electron chi connectivity index (χ2n) is 4.91. The highest BCUT2D eigenvalue weighted by Crippen LogP contribution is 2.44. The molecule has 2 N–H and O–H groups in total. The Morgan fingerprint density at radius 3 is 2.68 bits per heavy atom. The van der Waals surface area contributed by atoms with Gasteiger partial charge in [0, 0.05) is 6.20 Å². The molecule has 4 atom stereocenters. The lowest BCUT2D eigenvalue weighted by atomic mass is 9.78. The number of ether oxygens (including phenoxy) is 1. The Balaban J connectivity index is 1.77. The molecular weight excluding hydrogens is 248 g/mol. The number of fused-ring (bicyclic) bond motifs is 2. The van der Waals surface area contributed by atoms with Crippen molar-refractivity contribution in [3.63, 3.8) is 0 Å². The summed E-state index contributed by atoms with van der Waals surface area (Å²) >= 11 is 0. The highest BCUT2D eigenvalue weighted by Gasteiger charge is 2.55. The summed E-state index contributed by atoms with van der Waals surface area (Å²) in [5.74, 6) is -2.61. The summed E-state index contributed by atoms with van der Waals surface area (Å²) in [6.07, 6.45) is 4.01. The van der Waals surface area contributed by atoms with Gasteiger partial charge in [-0.1, -0.05) is 0 Å². The Labute approximate surface area is 109 Å². The van der Waals surface area contributed by atoms with Crippen molar-refractivity contribution in [1.29, 1.82) is 0 Å². The van der Waals surface area contributed by atoms with Gasteiger partial charge in [0.2, 0.25) is 5.91 Å². The molecule has 0 radical (unpaired) electrons. The second kappa shape index (κ2) is 4.62. The minimum atomic E-state index is -0.960. The number of nitrogens with one attached hydrogen (secondary N) is 1. The van der Waals surface area contributed by atoms with Crippen LogP contribution in [0.2, 0.25) is 0 Å². The van der Waals surface area contributed by atoms with Crippen LogP contribution in [0.4, 0.5) is 5.69 Å². The number of rotatable bonds is 3. The first-order valence-corrected chi connectivity index (χ1v) is 6.26. The molecular formula is C13H14N2O4. The zero-order valence-corrected chi connectivity index (χ0v) is 10.2. The highest BCUT2D eigenvalue weighted by molar-refractivity contribution is 5.96. The van der Waals surface area contributed by atoms with Gasteiger partial charge in [0.15, 0.2) is 0 Å². The van der Waals surface area contributed by atoms with Crippen molar-refractivity contribution >= 4 is 17.6 Å². The monoisotopic (exact) mass is 262 g/mol. The van der Waals surface area contributed by atoms with Gasteiger partial charge in [0.25, 0.3) is 0 Å². The summed E-state index contributed by atoms with van der Waals surface area (Å²) < 4.78 is 5.56. The second-order valence-corrected chi connectivity index (χ2v) is 4.91. The molecule has 3 rings (SSSR count). The molecule has 2 saturated heterocycles. The average molecular weight is 262 g/mol. The lowest BCUT2D eigenvalue weighted by molar-refractivity contribution is -0.147. The predicted octanol–water partition coefficient (Wildman–Crippen LogP) is 0.898. The largest absolute Gasteiger partial charge is 0.481 e. The maximum Gasteiger partial charge on any atom is 0.310 e. The molecule has 2 bridgehead atoms. The molecule has 0 aromatic carbocycles. The first kappa shape index (κ1) is 12.1. The molecule has 3 heterocycles. The van der Waals surface area contributed by atoms with Crippen molar-refractivity contribution in [2.24, 2.45) is 11.8 Å². The van der Waals surface area contributed by atoms with Crippen molar-refractivity contribution in [2.75, 3.05) is 5.32 Å². The van der Waals surface area contributed by atoms with Gasteiger partial charge in [-0.25, -0.2) is 0 Å². The van der Waals surface area contributed by atoms with E-state index >= 15 is 0 Å². The number of aromatic nitrogens is 1. The fourth-order valence-corrected chi connectivity index (χ4v) is 2.99. The summed E-state index contributed by atoms with van der Waals surface area (Å²) in [6.45, 7) is 0. The Bertz CT molecular complexity index is 505. The number of amides is 1. The first-order valence-electron chi connectivity index (χ1n) is 6.26. The van der Waals surface area contributed by atoms with Crippen LogP contribution >= 0.6 is 0 Å². The third kappa shape index (κ3) is 2.08. The van der Waals surface area contributed by atoms with E-state index in [0.29, 0.717) is 5.69 Å². The molecule has 6 nitrogen and oxygen atoms in total. The normalized spacial score (nSPS) is 32.2. The Hall–Kier alpha value is -1.95. The van der Waals surface area contributed by atoms with E-state index in [-0.39, 0.29) is 18.1 Å². The Kier molecular flexibility index (Phi) is 2.94. The van der Waals surface area contributed by atoms with E-state index in [1.165, 1.54) is 6.20 Å². The first-order chi connectivity index (χ1) is 9.16. The van der Waals surface area contributed by atoms with Gasteiger partial charge in [0.05, 0.1) is 35.9 Å². The van der Waals surface area contributed by atoms with E-state index in [4.69, 9.17) is 4.74 Å². The van der Waals surface area contributed by atoms with E-state index in [2.05, 4.69) is 10.3 Å². The molecule has 2 aliphatic rings. The van der Waals surface area contributed by atoms with Crippen LogP contribution in [0.5, 0.6) is 0 Å². The number of hydrogen-bond acceptors (Lipinski definition) is 4. The Morgan fingerprint density at radius 2 is 2.05 bits per heavy atom.